The molecule has 0 saturated carbocycles. The van der Waals surface area contributed by atoms with Crippen molar-refractivity contribution in [2.24, 2.45) is 0 Å². The van der Waals surface area contributed by atoms with Gasteiger partial charge in [-0.25, -0.2) is 0 Å². The summed E-state index contributed by atoms with van der Waals surface area (Å²) in [6, 6.07) is 7.66. The van der Waals surface area contributed by atoms with Gasteiger partial charge in [-0.1, -0.05) is 38.1 Å². The second kappa shape index (κ2) is 6.17. The predicted octanol–water partition coefficient (Wildman–Crippen LogP) is 1.28. The first-order valence-corrected chi connectivity index (χ1v) is 6.87. The van der Waals surface area contributed by atoms with E-state index in [0.717, 1.165) is 13.1 Å². The molecule has 1 aliphatic heterocycles. The van der Waals surface area contributed by atoms with Crippen molar-refractivity contribution in [2.45, 2.75) is 25.9 Å². The average Bonchev–Trinajstić information content (AvgIpc) is 2.46. The molecule has 0 aromatic heterocycles. The summed E-state index contributed by atoms with van der Waals surface area (Å²) in [7, 11) is 0. The van der Waals surface area contributed by atoms with E-state index in [0.29, 0.717) is 24.6 Å². The third kappa shape index (κ3) is 3.33. The van der Waals surface area contributed by atoms with Crippen LogP contribution in [0.4, 0.5) is 0 Å². The van der Waals surface area contributed by atoms with Crippen LogP contribution in [-0.4, -0.2) is 42.1 Å². The second-order valence-electron chi connectivity index (χ2n) is 5.30. The highest BCUT2D eigenvalue weighted by Crippen LogP contribution is 2.20. The maximum atomic E-state index is 12.2. The van der Waals surface area contributed by atoms with E-state index >= 15 is 0 Å². The van der Waals surface area contributed by atoms with E-state index in [1.54, 1.807) is 4.90 Å². The van der Waals surface area contributed by atoms with Crippen molar-refractivity contribution in [3.05, 3.63) is 35.4 Å². The molecule has 1 amide bonds. The Morgan fingerprint density at radius 3 is 2.21 bits per heavy atom. The molecule has 1 unspecified atom stereocenters. The molecule has 1 aliphatic rings. The largest absolute Gasteiger partial charge is 0.378 e. The molecule has 0 bridgehead atoms. The van der Waals surface area contributed by atoms with Crippen molar-refractivity contribution in [3.63, 3.8) is 0 Å². The first-order chi connectivity index (χ1) is 9.09. The molecule has 1 aromatic rings. The molecular weight excluding hydrogens is 240 g/mol. The van der Waals surface area contributed by atoms with Gasteiger partial charge in [0.05, 0.1) is 0 Å². The molecule has 0 aliphatic carbocycles. The van der Waals surface area contributed by atoms with Crippen molar-refractivity contribution in [3.8, 4) is 0 Å². The lowest BCUT2D eigenvalue weighted by molar-refractivity contribution is -0.141. The molecule has 2 N–H and O–H groups in total. The van der Waals surface area contributed by atoms with Crippen LogP contribution in [-0.2, 0) is 4.79 Å². The molecule has 4 nitrogen and oxygen atoms in total. The quantitative estimate of drug-likeness (QED) is 0.862. The average molecular weight is 262 g/mol. The number of amides is 1. The minimum atomic E-state index is -1.04. The van der Waals surface area contributed by atoms with E-state index in [1.165, 1.54) is 5.56 Å². The highest BCUT2D eigenvalue weighted by atomic mass is 16.3. The molecule has 1 atom stereocenters. The van der Waals surface area contributed by atoms with E-state index in [-0.39, 0.29) is 5.91 Å². The Balaban J connectivity index is 2.05. The smallest absolute Gasteiger partial charge is 0.256 e. The Bertz CT molecular complexity index is 422. The molecule has 0 spiro atoms. The van der Waals surface area contributed by atoms with Gasteiger partial charge < -0.3 is 15.3 Å². The normalized spacial score (nSPS) is 17.6. The van der Waals surface area contributed by atoms with Crippen molar-refractivity contribution >= 4 is 5.91 Å². The summed E-state index contributed by atoms with van der Waals surface area (Å²) in [6.07, 6.45) is -1.04. The van der Waals surface area contributed by atoms with Gasteiger partial charge in [-0.3, -0.25) is 4.79 Å². The van der Waals surface area contributed by atoms with Crippen LogP contribution in [0.2, 0.25) is 0 Å². The number of nitrogens with one attached hydrogen (secondary N) is 1. The van der Waals surface area contributed by atoms with Gasteiger partial charge in [0.15, 0.2) is 6.10 Å². The van der Waals surface area contributed by atoms with E-state index < -0.39 is 6.10 Å². The summed E-state index contributed by atoms with van der Waals surface area (Å²) in [5.41, 5.74) is 1.89. The minimum Gasteiger partial charge on any atom is -0.378 e. The van der Waals surface area contributed by atoms with Gasteiger partial charge in [-0.15, -0.1) is 0 Å². The van der Waals surface area contributed by atoms with Gasteiger partial charge in [0.25, 0.3) is 5.91 Å². The van der Waals surface area contributed by atoms with Crippen LogP contribution < -0.4 is 5.32 Å². The van der Waals surface area contributed by atoms with Crippen molar-refractivity contribution in [2.75, 3.05) is 26.2 Å². The Morgan fingerprint density at radius 2 is 1.68 bits per heavy atom. The standard InChI is InChI=1S/C15H22N2O2/c1-11(2)12-3-5-13(6-4-12)14(18)15(19)17-9-7-16-8-10-17/h3-6,11,14,16,18H,7-10H2,1-2H3. The van der Waals surface area contributed by atoms with Crippen molar-refractivity contribution in [1.82, 2.24) is 10.2 Å². The van der Waals surface area contributed by atoms with Crippen LogP contribution in [0.25, 0.3) is 0 Å². The van der Waals surface area contributed by atoms with Gasteiger partial charge in [-0.2, -0.15) is 0 Å². The molecule has 1 aromatic carbocycles. The summed E-state index contributed by atoms with van der Waals surface area (Å²) in [6.45, 7) is 7.17. The van der Waals surface area contributed by atoms with Crippen molar-refractivity contribution in [1.29, 1.82) is 0 Å². The lowest BCUT2D eigenvalue weighted by Gasteiger charge is -2.29. The van der Waals surface area contributed by atoms with Crippen LogP contribution in [0.1, 0.15) is 37.0 Å². The molecule has 1 heterocycles. The predicted molar refractivity (Wildman–Crippen MR) is 74.9 cm³/mol. The molecular formula is C15H22N2O2. The molecule has 104 valence electrons. The zero-order valence-electron chi connectivity index (χ0n) is 11.6. The van der Waals surface area contributed by atoms with Gasteiger partial charge in [0, 0.05) is 26.2 Å². The summed E-state index contributed by atoms with van der Waals surface area (Å²) >= 11 is 0. The van der Waals surface area contributed by atoms with Crippen LogP contribution in [0.3, 0.4) is 0 Å². The maximum absolute atomic E-state index is 12.2. The number of rotatable bonds is 3. The third-order valence-corrected chi connectivity index (χ3v) is 3.58. The van der Waals surface area contributed by atoms with Crippen LogP contribution in [0.15, 0.2) is 24.3 Å². The molecule has 1 saturated heterocycles. The van der Waals surface area contributed by atoms with Gasteiger partial charge >= 0.3 is 0 Å². The highest BCUT2D eigenvalue weighted by molar-refractivity contribution is 5.82. The van der Waals surface area contributed by atoms with Gasteiger partial charge in [0.2, 0.25) is 0 Å². The lowest BCUT2D eigenvalue weighted by atomic mass is 9.99. The number of piperazine rings is 1. The summed E-state index contributed by atoms with van der Waals surface area (Å²) in [5, 5.41) is 13.4. The number of carbonyl (C=O) groups excluding carboxylic acids is 1. The molecule has 19 heavy (non-hydrogen) atoms. The highest BCUT2D eigenvalue weighted by Gasteiger charge is 2.24. The zero-order chi connectivity index (χ0) is 13.8. The molecule has 0 radical (unpaired) electrons. The van der Waals surface area contributed by atoms with Crippen LogP contribution in [0, 0.1) is 0 Å². The van der Waals surface area contributed by atoms with Crippen molar-refractivity contribution < 1.29 is 9.90 Å². The Hall–Kier alpha value is -1.39. The minimum absolute atomic E-state index is 0.196. The second-order valence-corrected chi connectivity index (χ2v) is 5.30. The van der Waals surface area contributed by atoms with E-state index in [1.807, 2.05) is 24.3 Å². The summed E-state index contributed by atoms with van der Waals surface area (Å²) in [4.78, 5) is 13.9. The first-order valence-electron chi connectivity index (χ1n) is 6.87. The zero-order valence-corrected chi connectivity index (χ0v) is 11.6. The van der Waals surface area contributed by atoms with E-state index in [9.17, 15) is 9.90 Å². The van der Waals surface area contributed by atoms with Crippen LogP contribution in [0.5, 0.6) is 0 Å². The SMILES string of the molecule is CC(C)c1ccc(C(O)C(=O)N2CCNCC2)cc1. The summed E-state index contributed by atoms with van der Waals surface area (Å²) < 4.78 is 0. The number of hydrogen-bond donors (Lipinski definition) is 2. The fraction of sp³-hybridized carbons (Fsp3) is 0.533. The van der Waals surface area contributed by atoms with Crippen LogP contribution >= 0.6 is 0 Å². The number of hydrogen-bond acceptors (Lipinski definition) is 3. The Morgan fingerprint density at radius 1 is 1.16 bits per heavy atom. The maximum Gasteiger partial charge on any atom is 0.256 e. The Kier molecular flexibility index (Phi) is 4.56. The number of aliphatic hydroxyl groups excluding tert-OH is 1. The lowest BCUT2D eigenvalue weighted by Crippen LogP contribution is -2.48. The monoisotopic (exact) mass is 262 g/mol. The molecule has 1 fully saturated rings. The fourth-order valence-corrected chi connectivity index (χ4v) is 2.26. The van der Waals surface area contributed by atoms with Gasteiger partial charge in [0.1, 0.15) is 0 Å². The number of nitrogens with zero attached hydrogens (tertiary/aromatic N) is 1. The molecule has 2 rings (SSSR count). The molecule has 4 heteroatoms. The van der Waals surface area contributed by atoms with E-state index in [2.05, 4.69) is 19.2 Å². The van der Waals surface area contributed by atoms with E-state index in [4.69, 9.17) is 0 Å². The first kappa shape index (κ1) is 14.0. The van der Waals surface area contributed by atoms with Gasteiger partial charge in [-0.05, 0) is 17.0 Å². The topological polar surface area (TPSA) is 52.6 Å². The summed E-state index contributed by atoms with van der Waals surface area (Å²) in [5.74, 6) is 0.258. The Labute approximate surface area is 114 Å². The number of aliphatic hydroxyl groups is 1. The number of benzene rings is 1. The third-order valence-electron chi connectivity index (χ3n) is 3.58. The fourth-order valence-electron chi connectivity index (χ4n) is 2.26. The number of carbonyl (C=O) groups is 1.